The monoisotopic (exact) mass is 1320 g/mol. The molecule has 90 heavy (non-hydrogen) atoms. The smallest absolute Gasteiger partial charge is 0.462 e. The first-order chi connectivity index (χ1) is 43.4. The van der Waals surface area contributed by atoms with Gasteiger partial charge in [0.1, 0.15) is 19.3 Å². The number of esters is 4. The van der Waals surface area contributed by atoms with Gasteiger partial charge in [-0.25, -0.2) is 9.13 Å². The van der Waals surface area contributed by atoms with Gasteiger partial charge in [-0.1, -0.05) is 311 Å². The second-order valence-corrected chi connectivity index (χ2v) is 29.5. The van der Waals surface area contributed by atoms with Gasteiger partial charge in [0, 0.05) is 25.7 Å². The molecule has 17 nitrogen and oxygen atoms in total. The van der Waals surface area contributed by atoms with Crippen LogP contribution in [0.3, 0.4) is 0 Å². The van der Waals surface area contributed by atoms with Crippen LogP contribution in [0.5, 0.6) is 0 Å². The largest absolute Gasteiger partial charge is 0.472 e. The zero-order valence-electron chi connectivity index (χ0n) is 58.4. The van der Waals surface area contributed by atoms with Gasteiger partial charge < -0.3 is 33.8 Å². The molecule has 0 spiro atoms. The fourth-order valence-corrected chi connectivity index (χ4v) is 12.3. The Kier molecular flexibility index (Phi) is 61.8. The summed E-state index contributed by atoms with van der Waals surface area (Å²) in [5.74, 6) is -0.706. The number of phosphoric ester groups is 2. The topological polar surface area (TPSA) is 237 Å². The van der Waals surface area contributed by atoms with Gasteiger partial charge in [-0.05, 0) is 37.5 Å². The van der Waals surface area contributed by atoms with Crippen molar-refractivity contribution in [2.24, 2.45) is 11.8 Å². The van der Waals surface area contributed by atoms with E-state index >= 15 is 0 Å². The Bertz CT molecular complexity index is 1750. The number of aliphatic hydroxyl groups excluding tert-OH is 1. The molecular formula is C71H138O17P2. The molecule has 0 saturated heterocycles. The van der Waals surface area contributed by atoms with E-state index in [-0.39, 0.29) is 25.7 Å². The maximum Gasteiger partial charge on any atom is 0.472 e. The third kappa shape index (κ3) is 64.8. The van der Waals surface area contributed by atoms with Crippen LogP contribution in [-0.2, 0) is 65.4 Å². The van der Waals surface area contributed by atoms with Crippen molar-refractivity contribution in [3.63, 3.8) is 0 Å². The molecule has 0 radical (unpaired) electrons. The molecule has 0 aromatic heterocycles. The summed E-state index contributed by atoms with van der Waals surface area (Å²) in [6.07, 6.45) is 48.9. The molecule has 0 aliphatic rings. The highest BCUT2D eigenvalue weighted by Crippen LogP contribution is 2.45. The van der Waals surface area contributed by atoms with E-state index in [0.717, 1.165) is 95.8 Å². The van der Waals surface area contributed by atoms with Crippen LogP contribution in [0.15, 0.2) is 0 Å². The summed E-state index contributed by atoms with van der Waals surface area (Å²) in [6, 6.07) is 0. The predicted molar refractivity (Wildman–Crippen MR) is 363 cm³/mol. The van der Waals surface area contributed by atoms with Gasteiger partial charge in [0.25, 0.3) is 0 Å². The van der Waals surface area contributed by atoms with Crippen molar-refractivity contribution in [3.05, 3.63) is 0 Å². The second kappa shape index (κ2) is 63.1. The third-order valence-corrected chi connectivity index (χ3v) is 18.4. The molecule has 19 heteroatoms. The van der Waals surface area contributed by atoms with Gasteiger partial charge in [-0.2, -0.15) is 0 Å². The molecule has 5 atom stereocenters. The standard InChI is InChI=1S/C71H138O17P2/c1-7-9-11-13-15-17-18-19-20-21-22-23-24-25-26-27-29-37-43-49-55-70(75)87-66(59-82-69(74)54-48-42-36-31-30-33-39-45-51-63(3)4)61-85-89(77,78)83-57-65(72)58-84-90(79,80)86-62-67(60-81-68(73)53-47-41-35-28-16-14-12-10-8-2)88-71(76)56-50-44-38-32-34-40-46-52-64(5)6/h63-67,72H,7-62H2,1-6H3,(H,77,78)(H,79,80)/t65-,66-,67-/m1/s1. The molecule has 0 saturated carbocycles. The fraction of sp³-hybridized carbons (Fsp3) is 0.944. The number of aliphatic hydroxyl groups is 1. The number of hydrogen-bond acceptors (Lipinski definition) is 15. The molecule has 0 aliphatic carbocycles. The number of carbonyl (C=O) groups excluding carboxylic acids is 4. The van der Waals surface area contributed by atoms with Crippen molar-refractivity contribution in [1.82, 2.24) is 0 Å². The molecule has 534 valence electrons. The molecule has 0 rings (SSSR count). The van der Waals surface area contributed by atoms with Gasteiger partial charge in [-0.3, -0.25) is 37.3 Å². The van der Waals surface area contributed by atoms with Crippen LogP contribution in [0.1, 0.15) is 363 Å². The highest BCUT2D eigenvalue weighted by molar-refractivity contribution is 7.47. The molecule has 0 heterocycles. The maximum atomic E-state index is 13.0. The van der Waals surface area contributed by atoms with Crippen molar-refractivity contribution in [2.75, 3.05) is 39.6 Å². The van der Waals surface area contributed by atoms with Crippen molar-refractivity contribution in [1.29, 1.82) is 0 Å². The number of unbranched alkanes of at least 4 members (excludes halogenated alkanes) is 40. The summed E-state index contributed by atoms with van der Waals surface area (Å²) in [5.41, 5.74) is 0. The lowest BCUT2D eigenvalue weighted by Gasteiger charge is -2.21. The lowest BCUT2D eigenvalue weighted by atomic mass is 10.0. The third-order valence-electron chi connectivity index (χ3n) is 16.5. The quantitative estimate of drug-likeness (QED) is 0.0222. The highest BCUT2D eigenvalue weighted by atomic mass is 31.2. The van der Waals surface area contributed by atoms with Gasteiger partial charge in [-0.15, -0.1) is 0 Å². The first-order valence-electron chi connectivity index (χ1n) is 37.0. The first kappa shape index (κ1) is 88.1. The van der Waals surface area contributed by atoms with Crippen LogP contribution in [0.4, 0.5) is 0 Å². The summed E-state index contributed by atoms with van der Waals surface area (Å²) < 4.78 is 68.2. The van der Waals surface area contributed by atoms with Gasteiger partial charge >= 0.3 is 39.5 Å². The minimum Gasteiger partial charge on any atom is -0.462 e. The zero-order valence-corrected chi connectivity index (χ0v) is 60.2. The Morgan fingerprint density at radius 1 is 0.300 bits per heavy atom. The summed E-state index contributed by atoms with van der Waals surface area (Å²) in [5, 5.41) is 10.6. The maximum absolute atomic E-state index is 13.0. The Hall–Kier alpha value is -1.94. The normalized spacial score (nSPS) is 14.1. The Balaban J connectivity index is 5.17. The lowest BCUT2D eigenvalue weighted by molar-refractivity contribution is -0.161. The van der Waals surface area contributed by atoms with Gasteiger partial charge in [0.05, 0.1) is 26.4 Å². The molecule has 2 unspecified atom stereocenters. The van der Waals surface area contributed by atoms with E-state index in [1.165, 1.54) is 180 Å². The van der Waals surface area contributed by atoms with Crippen LogP contribution in [0, 0.1) is 11.8 Å². The lowest BCUT2D eigenvalue weighted by Crippen LogP contribution is -2.30. The van der Waals surface area contributed by atoms with Crippen molar-refractivity contribution in [3.8, 4) is 0 Å². The van der Waals surface area contributed by atoms with Gasteiger partial charge in [0.15, 0.2) is 12.2 Å². The SMILES string of the molecule is CCCCCCCCCCCCCCCCCCCCCCC(=O)O[C@H](COC(=O)CCCCCCCCCCC(C)C)COP(=O)(O)OC[C@@H](O)COP(=O)(O)OC[C@@H](COC(=O)CCCCCCCCCCC)OC(=O)CCCCCCCCCC(C)C. The molecule has 3 N–H and O–H groups in total. The Morgan fingerprint density at radius 2 is 0.511 bits per heavy atom. The average molecular weight is 1330 g/mol. The predicted octanol–water partition coefficient (Wildman–Crippen LogP) is 20.4. The van der Waals surface area contributed by atoms with E-state index in [4.69, 9.17) is 37.0 Å². The summed E-state index contributed by atoms with van der Waals surface area (Å²) in [7, 11) is -9.90. The van der Waals surface area contributed by atoms with E-state index < -0.39 is 97.5 Å². The summed E-state index contributed by atoms with van der Waals surface area (Å²) >= 11 is 0. The van der Waals surface area contributed by atoms with E-state index in [1.54, 1.807) is 0 Å². The molecular weight excluding hydrogens is 1190 g/mol. The number of phosphoric acid groups is 2. The number of hydrogen-bond donors (Lipinski definition) is 3. The van der Waals surface area contributed by atoms with Crippen LogP contribution in [0.2, 0.25) is 0 Å². The Morgan fingerprint density at radius 3 is 0.756 bits per heavy atom. The van der Waals surface area contributed by atoms with E-state index in [9.17, 15) is 43.2 Å². The fourth-order valence-electron chi connectivity index (χ4n) is 10.8. The first-order valence-corrected chi connectivity index (χ1v) is 40.0. The van der Waals surface area contributed by atoms with Crippen LogP contribution < -0.4 is 0 Å². The van der Waals surface area contributed by atoms with Crippen LogP contribution in [-0.4, -0.2) is 96.7 Å². The van der Waals surface area contributed by atoms with Gasteiger partial charge in [0.2, 0.25) is 0 Å². The second-order valence-electron chi connectivity index (χ2n) is 26.6. The van der Waals surface area contributed by atoms with Crippen molar-refractivity contribution in [2.45, 2.75) is 381 Å². The summed E-state index contributed by atoms with van der Waals surface area (Å²) in [6.45, 7) is 9.44. The molecule has 0 amide bonds. The van der Waals surface area contributed by atoms with Crippen LogP contribution in [0.25, 0.3) is 0 Å². The van der Waals surface area contributed by atoms with E-state index in [2.05, 4.69) is 41.5 Å². The number of ether oxygens (including phenoxy) is 4. The van der Waals surface area contributed by atoms with Crippen molar-refractivity contribution >= 4 is 39.5 Å². The van der Waals surface area contributed by atoms with E-state index in [0.29, 0.717) is 31.6 Å². The molecule has 0 aromatic carbocycles. The minimum atomic E-state index is -4.95. The molecule has 0 bridgehead atoms. The highest BCUT2D eigenvalue weighted by Gasteiger charge is 2.30. The molecule has 0 aromatic rings. The Labute approximate surface area is 549 Å². The van der Waals surface area contributed by atoms with Crippen LogP contribution >= 0.6 is 15.6 Å². The number of carbonyl (C=O) groups is 4. The zero-order chi connectivity index (χ0) is 66.5. The molecule has 0 aliphatic heterocycles. The average Bonchev–Trinajstić information content (AvgIpc) is 2.79. The minimum absolute atomic E-state index is 0.103. The summed E-state index contributed by atoms with van der Waals surface area (Å²) in [4.78, 5) is 72.4. The molecule has 0 fully saturated rings. The number of rotatable bonds is 70. The van der Waals surface area contributed by atoms with Crippen molar-refractivity contribution < 1.29 is 80.2 Å². The van der Waals surface area contributed by atoms with E-state index in [1.807, 2.05) is 0 Å².